The minimum absolute atomic E-state index is 0.0894. The molecule has 6 heteroatoms. The number of rotatable bonds is 3. The largest absolute Gasteiger partial charge is 0.327 e. The first-order valence-corrected chi connectivity index (χ1v) is 8.96. The molecule has 0 spiro atoms. The fourth-order valence-electron chi connectivity index (χ4n) is 2.82. The molecule has 2 amide bonds. The molecule has 22 heavy (non-hydrogen) atoms. The Morgan fingerprint density at radius 3 is 2.95 bits per heavy atom. The quantitative estimate of drug-likeness (QED) is 0.866. The van der Waals surface area contributed by atoms with E-state index in [4.69, 9.17) is 0 Å². The molecule has 2 aliphatic heterocycles. The predicted molar refractivity (Wildman–Crippen MR) is 91.5 cm³/mol. The van der Waals surface area contributed by atoms with Crippen molar-refractivity contribution in [1.29, 1.82) is 0 Å². The Labute approximate surface area is 142 Å². The van der Waals surface area contributed by atoms with Gasteiger partial charge in [-0.25, -0.2) is 4.79 Å². The Hall–Kier alpha value is -1.27. The van der Waals surface area contributed by atoms with Gasteiger partial charge in [0.1, 0.15) is 0 Å². The van der Waals surface area contributed by atoms with Crippen LogP contribution >= 0.6 is 27.7 Å². The third-order valence-electron chi connectivity index (χ3n) is 3.83. The molecule has 116 valence electrons. The Kier molecular flexibility index (Phi) is 4.32. The van der Waals surface area contributed by atoms with E-state index in [0.29, 0.717) is 18.2 Å². The average Bonchev–Trinajstić information content (AvgIpc) is 2.88. The number of ketones is 1. The second kappa shape index (κ2) is 6.08. The number of urea groups is 1. The summed E-state index contributed by atoms with van der Waals surface area (Å²) in [7, 11) is 0. The van der Waals surface area contributed by atoms with Crippen molar-refractivity contribution in [2.24, 2.45) is 0 Å². The van der Waals surface area contributed by atoms with E-state index in [2.05, 4.69) is 28.2 Å². The lowest BCUT2D eigenvalue weighted by Gasteiger charge is -2.32. The summed E-state index contributed by atoms with van der Waals surface area (Å²) in [5.41, 5.74) is 1.64. The number of benzene rings is 1. The zero-order valence-electron chi connectivity index (χ0n) is 12.4. The zero-order valence-corrected chi connectivity index (χ0v) is 14.8. The minimum Gasteiger partial charge on any atom is -0.327 e. The molecule has 2 aliphatic rings. The first-order valence-electron chi connectivity index (χ1n) is 7.28. The first kappa shape index (κ1) is 15.6. The number of nitrogens with one attached hydrogen (secondary N) is 1. The van der Waals surface area contributed by atoms with Crippen LogP contribution in [0.3, 0.4) is 0 Å². The number of nitrogens with zero attached hydrogens (tertiary/aromatic N) is 1. The number of fused-ring (bicyclic) bond motifs is 1. The molecular weight excluding hydrogens is 364 g/mol. The Morgan fingerprint density at radius 2 is 2.27 bits per heavy atom. The molecule has 0 radical (unpaired) electrons. The lowest BCUT2D eigenvalue weighted by molar-refractivity contribution is -0.115. The lowest BCUT2D eigenvalue weighted by Crippen LogP contribution is -2.46. The molecule has 2 heterocycles. The molecule has 1 aromatic carbocycles. The molecule has 0 bridgehead atoms. The van der Waals surface area contributed by atoms with Gasteiger partial charge in [-0.05, 0) is 17.7 Å². The lowest BCUT2D eigenvalue weighted by atomic mass is 9.93. The topological polar surface area (TPSA) is 49.4 Å². The van der Waals surface area contributed by atoms with E-state index in [0.717, 1.165) is 20.6 Å². The fraction of sp³-hybridized carbons (Fsp3) is 0.375. The van der Waals surface area contributed by atoms with Crippen LogP contribution in [-0.4, -0.2) is 28.5 Å². The SMILES string of the molecule is CCC(=O)C1=C2SC(C)CN2C(=O)NC1c1cccc(Br)c1. The highest BCUT2D eigenvalue weighted by atomic mass is 79.9. The Morgan fingerprint density at radius 1 is 1.50 bits per heavy atom. The van der Waals surface area contributed by atoms with Crippen LogP contribution in [0.15, 0.2) is 39.3 Å². The van der Waals surface area contributed by atoms with Gasteiger partial charge in [0.15, 0.2) is 5.78 Å². The highest BCUT2D eigenvalue weighted by Crippen LogP contribution is 2.43. The Balaban J connectivity index is 2.12. The van der Waals surface area contributed by atoms with Crippen LogP contribution in [0.1, 0.15) is 31.9 Å². The van der Waals surface area contributed by atoms with Gasteiger partial charge in [-0.3, -0.25) is 9.69 Å². The molecule has 0 aliphatic carbocycles. The van der Waals surface area contributed by atoms with Gasteiger partial charge in [0.25, 0.3) is 0 Å². The van der Waals surface area contributed by atoms with Gasteiger partial charge in [0.2, 0.25) is 0 Å². The van der Waals surface area contributed by atoms with Gasteiger partial charge in [-0.1, -0.05) is 41.9 Å². The van der Waals surface area contributed by atoms with Crippen molar-refractivity contribution in [2.45, 2.75) is 31.6 Å². The number of hydrogen-bond donors (Lipinski definition) is 1. The third-order valence-corrected chi connectivity index (χ3v) is 5.54. The van der Waals surface area contributed by atoms with Crippen LogP contribution < -0.4 is 5.32 Å². The van der Waals surface area contributed by atoms with E-state index in [-0.39, 0.29) is 17.9 Å². The highest BCUT2D eigenvalue weighted by molar-refractivity contribution is 9.10. The molecular formula is C16H17BrN2O2S. The van der Waals surface area contributed by atoms with Gasteiger partial charge in [-0.2, -0.15) is 0 Å². The van der Waals surface area contributed by atoms with Crippen molar-refractivity contribution in [3.8, 4) is 0 Å². The van der Waals surface area contributed by atoms with Crippen LogP contribution in [-0.2, 0) is 4.79 Å². The summed E-state index contributed by atoms with van der Waals surface area (Å²) in [5.74, 6) is 0.0894. The summed E-state index contributed by atoms with van der Waals surface area (Å²) in [4.78, 5) is 26.6. The highest BCUT2D eigenvalue weighted by Gasteiger charge is 2.41. The normalized spacial score (nSPS) is 24.3. The Bertz CT molecular complexity index is 674. The van der Waals surface area contributed by atoms with Crippen LogP contribution in [0.5, 0.6) is 0 Å². The summed E-state index contributed by atoms with van der Waals surface area (Å²) >= 11 is 5.07. The van der Waals surface area contributed by atoms with Gasteiger partial charge in [0, 0.05) is 22.7 Å². The number of carbonyl (C=O) groups excluding carboxylic acids is 2. The maximum atomic E-state index is 12.5. The molecule has 2 atom stereocenters. The van der Waals surface area contributed by atoms with Crippen LogP contribution in [0.2, 0.25) is 0 Å². The molecule has 4 nitrogen and oxygen atoms in total. The van der Waals surface area contributed by atoms with Crippen molar-refractivity contribution in [2.75, 3.05) is 6.54 Å². The standard InChI is InChI=1S/C16H17BrN2O2S/c1-3-12(20)13-14(10-5-4-6-11(17)7-10)18-16(21)19-8-9(2)22-15(13)19/h4-7,9,14H,3,8H2,1-2H3,(H,18,21). The van der Waals surface area contributed by atoms with E-state index in [9.17, 15) is 9.59 Å². The summed E-state index contributed by atoms with van der Waals surface area (Å²) in [6.45, 7) is 4.58. The molecule has 0 aromatic heterocycles. The minimum atomic E-state index is -0.374. The van der Waals surface area contributed by atoms with Crippen molar-refractivity contribution >= 4 is 39.5 Å². The fourth-order valence-corrected chi connectivity index (χ4v) is 4.48. The first-order chi connectivity index (χ1) is 10.5. The van der Waals surface area contributed by atoms with Crippen molar-refractivity contribution in [1.82, 2.24) is 10.2 Å². The second-order valence-electron chi connectivity index (χ2n) is 5.47. The number of carbonyl (C=O) groups is 2. The molecule has 1 fully saturated rings. The zero-order chi connectivity index (χ0) is 15.9. The van der Waals surface area contributed by atoms with Crippen molar-refractivity contribution < 1.29 is 9.59 Å². The molecule has 1 N–H and O–H groups in total. The number of thioether (sulfide) groups is 1. The van der Waals surface area contributed by atoms with Crippen LogP contribution in [0.25, 0.3) is 0 Å². The number of Topliss-reactive ketones (excluding diaryl/α,β-unsaturated/α-hetero) is 1. The maximum Gasteiger partial charge on any atom is 0.323 e. The van der Waals surface area contributed by atoms with Crippen LogP contribution in [0.4, 0.5) is 4.79 Å². The van der Waals surface area contributed by atoms with Gasteiger partial charge in [0.05, 0.1) is 16.6 Å². The summed E-state index contributed by atoms with van der Waals surface area (Å²) in [5, 5.41) is 4.13. The predicted octanol–water partition coefficient (Wildman–Crippen LogP) is 3.84. The molecule has 1 saturated heterocycles. The summed E-state index contributed by atoms with van der Waals surface area (Å²) in [6, 6.07) is 7.25. The summed E-state index contributed by atoms with van der Waals surface area (Å²) < 4.78 is 0.933. The average molecular weight is 381 g/mol. The number of amides is 2. The monoisotopic (exact) mass is 380 g/mol. The van der Waals surface area contributed by atoms with E-state index in [1.54, 1.807) is 16.7 Å². The van der Waals surface area contributed by atoms with E-state index >= 15 is 0 Å². The van der Waals surface area contributed by atoms with Gasteiger partial charge < -0.3 is 5.32 Å². The van der Waals surface area contributed by atoms with Gasteiger partial charge in [-0.15, -0.1) is 11.8 Å². The van der Waals surface area contributed by atoms with E-state index in [1.807, 2.05) is 31.2 Å². The number of hydrogen-bond acceptors (Lipinski definition) is 3. The van der Waals surface area contributed by atoms with Crippen molar-refractivity contribution in [3.05, 3.63) is 44.9 Å². The maximum absolute atomic E-state index is 12.5. The van der Waals surface area contributed by atoms with Crippen molar-refractivity contribution in [3.63, 3.8) is 0 Å². The molecule has 1 aromatic rings. The second-order valence-corrected chi connectivity index (χ2v) is 7.81. The van der Waals surface area contributed by atoms with Crippen LogP contribution in [0, 0.1) is 0 Å². The smallest absolute Gasteiger partial charge is 0.323 e. The third kappa shape index (κ3) is 2.70. The van der Waals surface area contributed by atoms with E-state index in [1.165, 1.54) is 0 Å². The van der Waals surface area contributed by atoms with E-state index < -0.39 is 0 Å². The molecule has 2 unspecified atom stereocenters. The molecule has 0 saturated carbocycles. The van der Waals surface area contributed by atoms with Gasteiger partial charge >= 0.3 is 6.03 Å². The molecule has 3 rings (SSSR count). The number of halogens is 1. The summed E-state index contributed by atoms with van der Waals surface area (Å²) in [6.07, 6.45) is 0.433.